The summed E-state index contributed by atoms with van der Waals surface area (Å²) in [6, 6.07) is 6.08. The second-order valence-corrected chi connectivity index (χ2v) is 4.51. The van der Waals surface area contributed by atoms with Crippen LogP contribution in [0.15, 0.2) is 18.3 Å². The van der Waals surface area contributed by atoms with E-state index in [0.29, 0.717) is 5.69 Å². The van der Waals surface area contributed by atoms with Crippen LogP contribution in [0.1, 0.15) is 31.9 Å². The van der Waals surface area contributed by atoms with Gasteiger partial charge in [0.1, 0.15) is 6.07 Å². The average molecular weight is 215 g/mol. The van der Waals surface area contributed by atoms with Gasteiger partial charge in [0.15, 0.2) is 5.69 Å². The van der Waals surface area contributed by atoms with E-state index in [1.807, 2.05) is 12.1 Å². The Hall–Kier alpha value is -1.56. The molecule has 1 aromatic heterocycles. The molecule has 1 aliphatic heterocycles. The normalized spacial score (nSPS) is 21.2. The van der Waals surface area contributed by atoms with Gasteiger partial charge in [0.2, 0.25) is 0 Å². The molecule has 1 fully saturated rings. The molecule has 2 rings (SSSR count). The first-order valence-electron chi connectivity index (χ1n) is 5.91. The largest absolute Gasteiger partial charge is 0.369 e. The van der Waals surface area contributed by atoms with Gasteiger partial charge in [-0.3, -0.25) is 0 Å². The minimum Gasteiger partial charge on any atom is -0.369 e. The quantitative estimate of drug-likeness (QED) is 0.723. The van der Waals surface area contributed by atoms with E-state index in [9.17, 15) is 0 Å². The predicted octanol–water partition coefficient (Wildman–Crippen LogP) is 2.58. The van der Waals surface area contributed by atoms with Crippen LogP contribution in [0.2, 0.25) is 0 Å². The summed E-state index contributed by atoms with van der Waals surface area (Å²) < 4.78 is 0. The third-order valence-corrected chi connectivity index (χ3v) is 3.25. The van der Waals surface area contributed by atoms with Crippen molar-refractivity contribution >= 4 is 5.69 Å². The van der Waals surface area contributed by atoms with Crippen molar-refractivity contribution in [2.24, 2.45) is 5.92 Å². The number of hydrogen-bond donors (Lipinski definition) is 0. The molecule has 3 nitrogen and oxygen atoms in total. The molecule has 0 spiro atoms. The van der Waals surface area contributed by atoms with Gasteiger partial charge >= 0.3 is 0 Å². The van der Waals surface area contributed by atoms with Crippen LogP contribution in [0.4, 0.5) is 5.69 Å². The highest BCUT2D eigenvalue weighted by atomic mass is 15.1. The third-order valence-electron chi connectivity index (χ3n) is 3.25. The van der Waals surface area contributed by atoms with Crippen LogP contribution in [0, 0.1) is 17.2 Å². The maximum atomic E-state index is 9.03. The molecule has 1 aromatic rings. The Morgan fingerprint density at radius 2 is 2.31 bits per heavy atom. The summed E-state index contributed by atoms with van der Waals surface area (Å²) in [7, 11) is 0. The van der Waals surface area contributed by atoms with Gasteiger partial charge in [-0.15, -0.1) is 0 Å². The molecular formula is C13H17N3. The van der Waals surface area contributed by atoms with Crippen molar-refractivity contribution in [3.63, 3.8) is 0 Å². The molecule has 0 aromatic carbocycles. The van der Waals surface area contributed by atoms with Crippen LogP contribution in [0.25, 0.3) is 0 Å². The van der Waals surface area contributed by atoms with Crippen molar-refractivity contribution in [1.82, 2.24) is 4.98 Å². The Balaban J connectivity index is 2.20. The van der Waals surface area contributed by atoms with Crippen molar-refractivity contribution in [3.8, 4) is 6.07 Å². The van der Waals surface area contributed by atoms with Crippen LogP contribution in [-0.2, 0) is 0 Å². The Morgan fingerprint density at radius 3 is 3.12 bits per heavy atom. The summed E-state index contributed by atoms with van der Waals surface area (Å²) in [5.41, 5.74) is 1.55. The Labute approximate surface area is 96.7 Å². The first-order valence-corrected chi connectivity index (χ1v) is 5.91. The van der Waals surface area contributed by atoms with E-state index in [1.165, 1.54) is 19.3 Å². The number of pyridine rings is 1. The molecule has 1 unspecified atom stereocenters. The maximum Gasteiger partial charge on any atom is 0.163 e. The molecule has 0 N–H and O–H groups in total. The molecule has 16 heavy (non-hydrogen) atoms. The molecule has 84 valence electrons. The second kappa shape index (κ2) is 4.98. The lowest BCUT2D eigenvalue weighted by atomic mass is 10.0. The summed E-state index contributed by atoms with van der Waals surface area (Å²) in [5.74, 6) is 0.798. The SMILES string of the molecule is CC1CCCN(c2cccnc2C#N)CC1. The smallest absolute Gasteiger partial charge is 0.163 e. The lowest BCUT2D eigenvalue weighted by Gasteiger charge is -2.23. The van der Waals surface area contributed by atoms with E-state index in [-0.39, 0.29) is 0 Å². The number of aromatic nitrogens is 1. The monoisotopic (exact) mass is 215 g/mol. The zero-order chi connectivity index (χ0) is 11.4. The van der Waals surface area contributed by atoms with Crippen molar-refractivity contribution < 1.29 is 0 Å². The van der Waals surface area contributed by atoms with Gasteiger partial charge in [0.25, 0.3) is 0 Å². The molecular weight excluding hydrogens is 198 g/mol. The van der Waals surface area contributed by atoms with Gasteiger partial charge in [-0.1, -0.05) is 6.92 Å². The zero-order valence-electron chi connectivity index (χ0n) is 9.69. The second-order valence-electron chi connectivity index (χ2n) is 4.51. The van der Waals surface area contributed by atoms with E-state index in [0.717, 1.165) is 24.7 Å². The fourth-order valence-electron chi connectivity index (χ4n) is 2.24. The fourth-order valence-corrected chi connectivity index (χ4v) is 2.24. The van der Waals surface area contributed by atoms with Crippen LogP contribution >= 0.6 is 0 Å². The molecule has 3 heteroatoms. The fraction of sp³-hybridized carbons (Fsp3) is 0.538. The standard InChI is InChI=1S/C13H17N3/c1-11-4-3-8-16(9-6-11)13-5-2-7-15-12(13)10-14/h2,5,7,11H,3-4,6,8-9H2,1H3. The molecule has 1 atom stereocenters. The van der Waals surface area contributed by atoms with Gasteiger partial charge in [-0.05, 0) is 37.3 Å². The highest BCUT2D eigenvalue weighted by Crippen LogP contribution is 2.23. The highest BCUT2D eigenvalue weighted by molar-refractivity contribution is 5.55. The van der Waals surface area contributed by atoms with Crippen molar-refractivity contribution in [1.29, 1.82) is 5.26 Å². The minimum absolute atomic E-state index is 0.553. The molecule has 0 aliphatic carbocycles. The predicted molar refractivity (Wildman–Crippen MR) is 64.2 cm³/mol. The minimum atomic E-state index is 0.553. The Morgan fingerprint density at radius 1 is 1.44 bits per heavy atom. The van der Waals surface area contributed by atoms with E-state index in [1.54, 1.807) is 6.20 Å². The topological polar surface area (TPSA) is 39.9 Å². The Bertz CT molecular complexity index is 394. The van der Waals surface area contributed by atoms with Gasteiger partial charge in [0.05, 0.1) is 5.69 Å². The van der Waals surface area contributed by atoms with Crippen molar-refractivity contribution in [3.05, 3.63) is 24.0 Å². The summed E-state index contributed by atoms with van der Waals surface area (Å²) >= 11 is 0. The van der Waals surface area contributed by atoms with Crippen LogP contribution in [0.5, 0.6) is 0 Å². The van der Waals surface area contributed by atoms with E-state index in [2.05, 4.69) is 22.9 Å². The zero-order valence-corrected chi connectivity index (χ0v) is 9.69. The number of hydrogen-bond acceptors (Lipinski definition) is 3. The summed E-state index contributed by atoms with van der Waals surface area (Å²) in [6.07, 6.45) is 5.39. The molecule has 0 bridgehead atoms. The molecule has 1 saturated heterocycles. The lowest BCUT2D eigenvalue weighted by molar-refractivity contribution is 0.521. The molecule has 0 saturated carbocycles. The first kappa shape index (κ1) is 10.9. The van der Waals surface area contributed by atoms with E-state index < -0.39 is 0 Å². The molecule has 0 radical (unpaired) electrons. The molecule has 0 amide bonds. The van der Waals surface area contributed by atoms with Crippen molar-refractivity contribution in [2.75, 3.05) is 18.0 Å². The van der Waals surface area contributed by atoms with Crippen LogP contribution in [-0.4, -0.2) is 18.1 Å². The van der Waals surface area contributed by atoms with Gasteiger partial charge < -0.3 is 4.90 Å². The number of rotatable bonds is 1. The van der Waals surface area contributed by atoms with E-state index in [4.69, 9.17) is 5.26 Å². The number of nitriles is 1. The van der Waals surface area contributed by atoms with Crippen molar-refractivity contribution in [2.45, 2.75) is 26.2 Å². The molecule has 1 aliphatic rings. The first-order chi connectivity index (χ1) is 7.81. The van der Waals surface area contributed by atoms with Gasteiger partial charge in [0, 0.05) is 19.3 Å². The van der Waals surface area contributed by atoms with Gasteiger partial charge in [-0.2, -0.15) is 5.26 Å². The average Bonchev–Trinajstić information content (AvgIpc) is 2.54. The van der Waals surface area contributed by atoms with Crippen LogP contribution in [0.3, 0.4) is 0 Å². The number of nitrogens with zero attached hydrogens (tertiary/aromatic N) is 3. The Kier molecular flexibility index (Phi) is 3.40. The summed E-state index contributed by atoms with van der Waals surface area (Å²) in [6.45, 7) is 4.39. The van der Waals surface area contributed by atoms with Gasteiger partial charge in [-0.25, -0.2) is 4.98 Å². The number of anilines is 1. The summed E-state index contributed by atoms with van der Waals surface area (Å²) in [4.78, 5) is 6.42. The van der Waals surface area contributed by atoms with E-state index >= 15 is 0 Å². The highest BCUT2D eigenvalue weighted by Gasteiger charge is 2.16. The summed E-state index contributed by atoms with van der Waals surface area (Å²) in [5, 5.41) is 9.03. The van der Waals surface area contributed by atoms with Crippen LogP contribution < -0.4 is 4.90 Å². The lowest BCUT2D eigenvalue weighted by Crippen LogP contribution is -2.25. The molecule has 2 heterocycles. The maximum absolute atomic E-state index is 9.03. The third kappa shape index (κ3) is 2.33.